The zero-order chi connectivity index (χ0) is 17.1. The highest BCUT2D eigenvalue weighted by atomic mass is 32.1. The summed E-state index contributed by atoms with van der Waals surface area (Å²) in [5.74, 6) is 0.602. The number of amides is 2. The maximum absolute atomic E-state index is 12.4. The van der Waals surface area contributed by atoms with E-state index in [1.165, 1.54) is 10.4 Å². The number of fused-ring (bicyclic) bond motifs is 1. The molecule has 0 spiro atoms. The van der Waals surface area contributed by atoms with Crippen LogP contribution in [0.4, 0.5) is 5.69 Å². The third-order valence-corrected chi connectivity index (χ3v) is 5.14. The number of hydrogen-bond donors (Lipinski definition) is 0. The zero-order valence-electron chi connectivity index (χ0n) is 13.8. The van der Waals surface area contributed by atoms with Gasteiger partial charge < -0.3 is 14.5 Å². The van der Waals surface area contributed by atoms with Crippen LogP contribution in [-0.2, 0) is 16.1 Å². The third kappa shape index (κ3) is 3.43. The zero-order valence-corrected chi connectivity index (χ0v) is 14.6. The van der Waals surface area contributed by atoms with Crippen molar-refractivity contribution in [3.63, 3.8) is 0 Å². The number of thiophene rings is 1. The second-order valence-electron chi connectivity index (χ2n) is 5.83. The normalized spacial score (nSPS) is 13.4. The van der Waals surface area contributed by atoms with Crippen LogP contribution in [-0.4, -0.2) is 36.9 Å². The summed E-state index contributed by atoms with van der Waals surface area (Å²) < 4.78 is 5.42. The van der Waals surface area contributed by atoms with E-state index in [4.69, 9.17) is 4.74 Å². The predicted molar refractivity (Wildman–Crippen MR) is 94.4 cm³/mol. The number of hydrogen-bond acceptors (Lipinski definition) is 4. The number of nitrogens with zero attached hydrogens (tertiary/aromatic N) is 2. The minimum absolute atomic E-state index is 0.0232. The molecule has 0 atom stereocenters. The Kier molecular flexibility index (Phi) is 4.85. The van der Waals surface area contributed by atoms with Gasteiger partial charge in [-0.2, -0.15) is 0 Å². The lowest BCUT2D eigenvalue weighted by Crippen LogP contribution is -2.41. The summed E-state index contributed by atoms with van der Waals surface area (Å²) in [6.45, 7) is 3.05. The smallest absolute Gasteiger partial charge is 0.265 e. The Balaban J connectivity index is 1.62. The van der Waals surface area contributed by atoms with Crippen molar-refractivity contribution in [2.45, 2.75) is 19.9 Å². The van der Waals surface area contributed by atoms with Gasteiger partial charge in [-0.05, 0) is 36.1 Å². The number of para-hydroxylation sites is 2. The largest absolute Gasteiger partial charge is 0.482 e. The first-order valence-corrected chi connectivity index (χ1v) is 8.73. The molecule has 1 aromatic heterocycles. The van der Waals surface area contributed by atoms with Gasteiger partial charge >= 0.3 is 0 Å². The van der Waals surface area contributed by atoms with Crippen LogP contribution >= 0.6 is 11.3 Å². The summed E-state index contributed by atoms with van der Waals surface area (Å²) in [7, 11) is 1.80. The van der Waals surface area contributed by atoms with Gasteiger partial charge in [0.15, 0.2) is 6.61 Å². The molecule has 0 saturated carbocycles. The van der Waals surface area contributed by atoms with E-state index < -0.39 is 0 Å². The van der Waals surface area contributed by atoms with E-state index in [1.54, 1.807) is 28.2 Å². The fraction of sp³-hybridized carbons (Fsp3) is 0.333. The first kappa shape index (κ1) is 16.5. The van der Waals surface area contributed by atoms with Crippen molar-refractivity contribution in [2.75, 3.05) is 25.1 Å². The molecule has 24 heavy (non-hydrogen) atoms. The van der Waals surface area contributed by atoms with Crippen LogP contribution in [0.15, 0.2) is 35.7 Å². The summed E-state index contributed by atoms with van der Waals surface area (Å²) in [4.78, 5) is 29.1. The van der Waals surface area contributed by atoms with Crippen LogP contribution in [0.5, 0.6) is 5.75 Å². The van der Waals surface area contributed by atoms with Crippen molar-refractivity contribution < 1.29 is 14.3 Å². The molecule has 0 N–H and O–H groups in total. The van der Waals surface area contributed by atoms with Gasteiger partial charge in [-0.3, -0.25) is 9.59 Å². The lowest BCUT2D eigenvalue weighted by atomic mass is 10.2. The van der Waals surface area contributed by atoms with Gasteiger partial charge in [0.05, 0.1) is 12.2 Å². The molecule has 0 aliphatic carbocycles. The average molecular weight is 344 g/mol. The Morgan fingerprint density at radius 2 is 2.12 bits per heavy atom. The number of aryl methyl sites for hydroxylation is 1. The molecule has 2 heterocycles. The van der Waals surface area contributed by atoms with Crippen molar-refractivity contribution in [3.8, 4) is 5.75 Å². The molecular weight excluding hydrogens is 324 g/mol. The molecule has 5 nitrogen and oxygen atoms in total. The van der Waals surface area contributed by atoms with Gasteiger partial charge in [0.2, 0.25) is 5.91 Å². The minimum Gasteiger partial charge on any atom is -0.482 e. The molecule has 126 valence electrons. The maximum atomic E-state index is 12.4. The molecule has 0 fully saturated rings. The standard InChI is InChI=1S/C18H20N2O3S/c1-13-8-10-24-16(13)11-19(2)17(21)7-9-20-14-5-3-4-6-15(14)23-12-18(20)22/h3-6,8,10H,7,9,11-12H2,1-2H3. The number of carbonyl (C=O) groups is 2. The predicted octanol–water partition coefficient (Wildman–Crippen LogP) is 2.83. The third-order valence-electron chi connectivity index (χ3n) is 4.13. The molecule has 2 aromatic rings. The van der Waals surface area contributed by atoms with Crippen molar-refractivity contribution in [3.05, 3.63) is 46.2 Å². The fourth-order valence-electron chi connectivity index (χ4n) is 2.67. The first-order chi connectivity index (χ1) is 11.6. The Hall–Kier alpha value is -2.34. The first-order valence-electron chi connectivity index (χ1n) is 7.85. The van der Waals surface area contributed by atoms with Crippen LogP contribution in [0.3, 0.4) is 0 Å². The summed E-state index contributed by atoms with van der Waals surface area (Å²) >= 11 is 1.66. The van der Waals surface area contributed by atoms with Gasteiger partial charge in [-0.1, -0.05) is 12.1 Å². The van der Waals surface area contributed by atoms with Gasteiger partial charge in [-0.15, -0.1) is 11.3 Å². The highest BCUT2D eigenvalue weighted by molar-refractivity contribution is 7.10. The number of rotatable bonds is 5. The lowest BCUT2D eigenvalue weighted by Gasteiger charge is -2.29. The molecule has 0 unspecified atom stereocenters. The van der Waals surface area contributed by atoms with Crippen LogP contribution in [0.25, 0.3) is 0 Å². The summed E-state index contributed by atoms with van der Waals surface area (Å²) in [5, 5.41) is 2.03. The monoisotopic (exact) mass is 344 g/mol. The number of benzene rings is 1. The van der Waals surface area contributed by atoms with Gasteiger partial charge in [0.1, 0.15) is 5.75 Å². The number of anilines is 1. The molecule has 0 radical (unpaired) electrons. The molecule has 1 aromatic carbocycles. The topological polar surface area (TPSA) is 49.9 Å². The highest BCUT2D eigenvalue weighted by Crippen LogP contribution is 2.31. The van der Waals surface area contributed by atoms with Crippen LogP contribution in [0.1, 0.15) is 16.9 Å². The van der Waals surface area contributed by atoms with Gasteiger partial charge in [0, 0.05) is 24.9 Å². The van der Waals surface area contributed by atoms with Crippen molar-refractivity contribution in [1.29, 1.82) is 0 Å². The van der Waals surface area contributed by atoms with Crippen molar-refractivity contribution in [1.82, 2.24) is 4.90 Å². The van der Waals surface area contributed by atoms with E-state index in [-0.39, 0.29) is 18.4 Å². The maximum Gasteiger partial charge on any atom is 0.265 e. The Morgan fingerprint density at radius 1 is 1.33 bits per heavy atom. The Bertz CT molecular complexity index is 756. The van der Waals surface area contributed by atoms with Crippen molar-refractivity contribution in [2.24, 2.45) is 0 Å². The fourth-order valence-corrected chi connectivity index (χ4v) is 3.63. The second-order valence-corrected chi connectivity index (χ2v) is 6.83. The Labute approximate surface area is 145 Å². The quantitative estimate of drug-likeness (QED) is 0.838. The van der Waals surface area contributed by atoms with Crippen LogP contribution < -0.4 is 9.64 Å². The summed E-state index contributed by atoms with van der Waals surface area (Å²) in [6.07, 6.45) is 0.293. The minimum atomic E-state index is -0.113. The number of ether oxygens (including phenoxy) is 1. The van der Waals surface area contributed by atoms with E-state index in [0.717, 1.165) is 5.69 Å². The van der Waals surface area contributed by atoms with E-state index in [0.29, 0.717) is 25.3 Å². The molecular formula is C18H20N2O3S. The number of carbonyl (C=O) groups excluding carboxylic acids is 2. The Morgan fingerprint density at radius 3 is 2.88 bits per heavy atom. The molecule has 1 aliphatic heterocycles. The van der Waals surface area contributed by atoms with Crippen LogP contribution in [0, 0.1) is 6.92 Å². The molecule has 6 heteroatoms. The summed E-state index contributed by atoms with van der Waals surface area (Å²) in [6, 6.07) is 9.47. The van der Waals surface area contributed by atoms with E-state index in [2.05, 4.69) is 6.07 Å². The van der Waals surface area contributed by atoms with Crippen LogP contribution in [0.2, 0.25) is 0 Å². The SMILES string of the molecule is Cc1ccsc1CN(C)C(=O)CCN1C(=O)COc2ccccc21. The van der Waals surface area contributed by atoms with Gasteiger partial charge in [-0.25, -0.2) is 0 Å². The van der Waals surface area contributed by atoms with Crippen molar-refractivity contribution >= 4 is 28.8 Å². The summed E-state index contributed by atoms with van der Waals surface area (Å²) in [5.41, 5.74) is 1.94. The molecule has 0 bridgehead atoms. The van der Waals surface area contributed by atoms with E-state index in [9.17, 15) is 9.59 Å². The van der Waals surface area contributed by atoms with E-state index >= 15 is 0 Å². The molecule has 3 rings (SSSR count). The van der Waals surface area contributed by atoms with Gasteiger partial charge in [0.25, 0.3) is 5.91 Å². The molecule has 2 amide bonds. The second kappa shape index (κ2) is 7.05. The average Bonchev–Trinajstić information content (AvgIpc) is 2.98. The lowest BCUT2D eigenvalue weighted by molar-refractivity contribution is -0.130. The highest BCUT2D eigenvalue weighted by Gasteiger charge is 2.25. The van der Waals surface area contributed by atoms with E-state index in [1.807, 2.05) is 36.6 Å². The molecule has 1 aliphatic rings. The molecule has 0 saturated heterocycles.